The molecular weight excluding hydrogens is 216 g/mol. The summed E-state index contributed by atoms with van der Waals surface area (Å²) in [5, 5.41) is 11.5. The number of methoxy groups -OCH3 is 1. The number of rotatable bonds is 7. The van der Waals surface area contributed by atoms with E-state index in [1.54, 1.807) is 7.11 Å². The summed E-state index contributed by atoms with van der Waals surface area (Å²) >= 11 is 0. The highest BCUT2D eigenvalue weighted by Crippen LogP contribution is 2.34. The minimum absolute atomic E-state index is 0.118. The van der Waals surface area contributed by atoms with Crippen molar-refractivity contribution in [1.82, 2.24) is 20.3 Å². The van der Waals surface area contributed by atoms with Crippen molar-refractivity contribution in [2.24, 2.45) is 7.05 Å². The summed E-state index contributed by atoms with van der Waals surface area (Å²) in [7, 11) is 3.69. The Bertz CT molecular complexity index is 325. The Hall–Kier alpha value is -0.940. The van der Waals surface area contributed by atoms with Gasteiger partial charge in [0.25, 0.3) is 0 Å². The van der Waals surface area contributed by atoms with Gasteiger partial charge in [-0.05, 0) is 19.4 Å². The molecule has 0 amide bonds. The first kappa shape index (κ1) is 14.1. The summed E-state index contributed by atoms with van der Waals surface area (Å²) in [6.07, 6.45) is 3.71. The zero-order valence-corrected chi connectivity index (χ0v) is 11.5. The third-order valence-corrected chi connectivity index (χ3v) is 3.58. The summed E-state index contributed by atoms with van der Waals surface area (Å²) in [6, 6.07) is 0.118. The Balaban J connectivity index is 3.11. The molecule has 0 radical (unpaired) electrons. The van der Waals surface area contributed by atoms with E-state index in [1.165, 1.54) is 0 Å². The van der Waals surface area contributed by atoms with Crippen LogP contribution in [0.25, 0.3) is 0 Å². The smallest absolute Gasteiger partial charge is 0.0883 e. The normalized spacial score (nSPS) is 13.9. The van der Waals surface area contributed by atoms with Crippen LogP contribution < -0.4 is 5.32 Å². The maximum absolute atomic E-state index is 5.80. The van der Waals surface area contributed by atoms with Crippen molar-refractivity contribution in [2.45, 2.75) is 45.3 Å². The van der Waals surface area contributed by atoms with E-state index < -0.39 is 0 Å². The molecule has 1 unspecified atom stereocenters. The van der Waals surface area contributed by atoms with Crippen molar-refractivity contribution >= 4 is 0 Å². The van der Waals surface area contributed by atoms with Crippen LogP contribution in [0.2, 0.25) is 0 Å². The van der Waals surface area contributed by atoms with E-state index in [2.05, 4.69) is 36.4 Å². The molecule has 0 saturated heterocycles. The van der Waals surface area contributed by atoms with Crippen molar-refractivity contribution in [1.29, 1.82) is 0 Å². The molecule has 0 bridgehead atoms. The quantitative estimate of drug-likeness (QED) is 0.787. The number of aromatic nitrogens is 3. The van der Waals surface area contributed by atoms with E-state index in [4.69, 9.17) is 4.74 Å². The number of nitrogens with one attached hydrogen (secondary N) is 1. The van der Waals surface area contributed by atoms with Crippen molar-refractivity contribution in [2.75, 3.05) is 13.7 Å². The molecule has 0 fully saturated rings. The highest BCUT2D eigenvalue weighted by molar-refractivity contribution is 5.10. The fraction of sp³-hybridized carbons (Fsp3) is 0.833. The number of hydrogen-bond donors (Lipinski definition) is 1. The minimum Gasteiger partial charge on any atom is -0.376 e. The average Bonchev–Trinajstić information content (AvgIpc) is 2.77. The summed E-state index contributed by atoms with van der Waals surface area (Å²) in [6.45, 7) is 7.30. The van der Waals surface area contributed by atoms with Crippen LogP contribution in [0.4, 0.5) is 0 Å². The summed E-state index contributed by atoms with van der Waals surface area (Å²) in [5.74, 6) is 0. The second-order valence-corrected chi connectivity index (χ2v) is 4.25. The van der Waals surface area contributed by atoms with Crippen LogP contribution in [0.15, 0.2) is 6.20 Å². The van der Waals surface area contributed by atoms with Gasteiger partial charge in [0.2, 0.25) is 0 Å². The van der Waals surface area contributed by atoms with Gasteiger partial charge in [0, 0.05) is 14.2 Å². The van der Waals surface area contributed by atoms with Crippen molar-refractivity contribution in [3.63, 3.8) is 0 Å². The highest BCUT2D eigenvalue weighted by atomic mass is 16.5. The van der Waals surface area contributed by atoms with Gasteiger partial charge in [-0.25, -0.2) is 0 Å². The van der Waals surface area contributed by atoms with Gasteiger partial charge in [-0.3, -0.25) is 4.68 Å². The molecule has 1 N–H and O–H groups in total. The van der Waals surface area contributed by atoms with Crippen LogP contribution in [-0.4, -0.2) is 34.2 Å². The van der Waals surface area contributed by atoms with Crippen molar-refractivity contribution in [3.8, 4) is 0 Å². The topological polar surface area (TPSA) is 52.0 Å². The summed E-state index contributed by atoms with van der Waals surface area (Å²) in [4.78, 5) is 0. The molecule has 1 atom stereocenters. The molecule has 0 aliphatic rings. The van der Waals surface area contributed by atoms with Gasteiger partial charge in [0.1, 0.15) is 0 Å². The second-order valence-electron chi connectivity index (χ2n) is 4.25. The molecule has 0 aliphatic carbocycles. The lowest BCUT2D eigenvalue weighted by Gasteiger charge is -2.38. The lowest BCUT2D eigenvalue weighted by Crippen LogP contribution is -2.45. The van der Waals surface area contributed by atoms with Crippen LogP contribution in [-0.2, 0) is 11.8 Å². The average molecular weight is 240 g/mol. The molecule has 0 aromatic carbocycles. The molecule has 1 rings (SSSR count). The predicted molar refractivity (Wildman–Crippen MR) is 67.7 cm³/mol. The van der Waals surface area contributed by atoms with Crippen molar-refractivity contribution < 1.29 is 4.74 Å². The molecule has 5 nitrogen and oxygen atoms in total. The third-order valence-electron chi connectivity index (χ3n) is 3.58. The number of hydrogen-bond acceptors (Lipinski definition) is 4. The van der Waals surface area contributed by atoms with Gasteiger partial charge in [0.15, 0.2) is 0 Å². The van der Waals surface area contributed by atoms with Gasteiger partial charge in [0.05, 0.1) is 23.5 Å². The first-order valence-corrected chi connectivity index (χ1v) is 6.28. The van der Waals surface area contributed by atoms with E-state index in [0.717, 1.165) is 25.1 Å². The molecule has 0 spiro atoms. The molecule has 1 aromatic heterocycles. The molecular formula is C12H24N4O. The lowest BCUT2D eigenvalue weighted by molar-refractivity contribution is -0.0501. The first-order valence-electron chi connectivity index (χ1n) is 6.28. The Morgan fingerprint density at radius 3 is 2.41 bits per heavy atom. The minimum atomic E-state index is -0.203. The van der Waals surface area contributed by atoms with Crippen LogP contribution in [0, 0.1) is 0 Å². The maximum Gasteiger partial charge on any atom is 0.0883 e. The molecule has 17 heavy (non-hydrogen) atoms. The SMILES string of the molecule is CCNC(c1cnnn1C)C(CC)(CC)OC. The van der Waals surface area contributed by atoms with E-state index in [-0.39, 0.29) is 11.6 Å². The highest BCUT2D eigenvalue weighted by Gasteiger charge is 2.38. The van der Waals surface area contributed by atoms with Gasteiger partial charge < -0.3 is 10.1 Å². The van der Waals surface area contributed by atoms with Gasteiger partial charge in [-0.2, -0.15) is 0 Å². The van der Waals surface area contributed by atoms with Crippen LogP contribution >= 0.6 is 0 Å². The largest absolute Gasteiger partial charge is 0.376 e. The second kappa shape index (κ2) is 6.12. The fourth-order valence-electron chi connectivity index (χ4n) is 2.39. The summed E-state index contributed by atoms with van der Waals surface area (Å²) < 4.78 is 7.61. The Morgan fingerprint density at radius 1 is 1.41 bits per heavy atom. The Morgan fingerprint density at radius 2 is 2.06 bits per heavy atom. The predicted octanol–water partition coefficient (Wildman–Crippen LogP) is 1.67. The van der Waals surface area contributed by atoms with Crippen LogP contribution in [0.3, 0.4) is 0 Å². The molecule has 0 saturated carbocycles. The van der Waals surface area contributed by atoms with Gasteiger partial charge in [-0.15, -0.1) is 5.10 Å². The Kier molecular flexibility index (Phi) is 5.08. The van der Waals surface area contributed by atoms with Crippen molar-refractivity contribution in [3.05, 3.63) is 11.9 Å². The van der Waals surface area contributed by atoms with Gasteiger partial charge in [-0.1, -0.05) is 26.0 Å². The monoisotopic (exact) mass is 240 g/mol. The lowest BCUT2D eigenvalue weighted by atomic mass is 9.86. The molecule has 5 heteroatoms. The number of nitrogens with zero attached hydrogens (tertiary/aromatic N) is 3. The maximum atomic E-state index is 5.80. The van der Waals surface area contributed by atoms with E-state index in [1.807, 2.05) is 17.9 Å². The molecule has 1 heterocycles. The Labute approximate surface area is 104 Å². The molecule has 98 valence electrons. The van der Waals surface area contributed by atoms with E-state index in [0.29, 0.717) is 0 Å². The number of aryl methyl sites for hydroxylation is 1. The molecule has 0 aliphatic heterocycles. The first-order chi connectivity index (χ1) is 8.15. The number of ether oxygens (including phenoxy) is 1. The fourth-order valence-corrected chi connectivity index (χ4v) is 2.39. The van der Waals surface area contributed by atoms with E-state index in [9.17, 15) is 0 Å². The molecule has 1 aromatic rings. The zero-order valence-electron chi connectivity index (χ0n) is 11.5. The van der Waals surface area contributed by atoms with Crippen LogP contribution in [0.5, 0.6) is 0 Å². The third kappa shape index (κ3) is 2.66. The standard InChI is InChI=1S/C12H24N4O/c1-6-12(7-2,17-5)11(13-8-3)10-9-14-15-16(10)4/h9,11,13H,6-8H2,1-5H3. The zero-order chi connectivity index (χ0) is 12.9. The van der Waals surface area contributed by atoms with E-state index >= 15 is 0 Å². The summed E-state index contributed by atoms with van der Waals surface area (Å²) in [5.41, 5.74) is 0.864. The van der Waals surface area contributed by atoms with Gasteiger partial charge >= 0.3 is 0 Å². The van der Waals surface area contributed by atoms with Crippen LogP contribution in [0.1, 0.15) is 45.3 Å². The number of likely N-dealkylation sites (N-methyl/N-ethyl adjacent to an activating group) is 1.